The van der Waals surface area contributed by atoms with E-state index in [2.05, 4.69) is 53.4 Å². The van der Waals surface area contributed by atoms with Gasteiger partial charge in [0.15, 0.2) is 11.7 Å². The third kappa shape index (κ3) is 5.52. The van der Waals surface area contributed by atoms with Crippen molar-refractivity contribution in [3.63, 3.8) is 0 Å². The number of aryl methyl sites for hydroxylation is 1. The summed E-state index contributed by atoms with van der Waals surface area (Å²) in [6, 6.07) is 13.9. The van der Waals surface area contributed by atoms with Crippen LogP contribution < -0.4 is 5.32 Å². The molecule has 1 amide bonds. The Morgan fingerprint density at radius 3 is 2.54 bits per heavy atom. The molecule has 0 aliphatic carbocycles. The maximum Gasteiger partial charge on any atom is 0.221 e. The predicted octanol–water partition coefficient (Wildman–Crippen LogP) is 4.75. The van der Waals surface area contributed by atoms with Crippen LogP contribution in [0.1, 0.15) is 50.4 Å². The molecule has 1 unspecified atom stereocenters. The van der Waals surface area contributed by atoms with Gasteiger partial charge in [-0.25, -0.2) is 4.98 Å². The Balaban J connectivity index is 1.52. The fourth-order valence-corrected chi connectivity index (χ4v) is 3.08. The number of oxazole rings is 1. The average molecular weight is 377 g/mol. The normalized spacial score (nSPS) is 12.1. The Hall–Kier alpha value is -2.95. The lowest BCUT2D eigenvalue weighted by Crippen LogP contribution is -2.27. The van der Waals surface area contributed by atoms with Gasteiger partial charge >= 0.3 is 0 Å². The molecule has 5 heteroatoms. The van der Waals surface area contributed by atoms with Crippen LogP contribution in [0.5, 0.6) is 0 Å². The monoisotopic (exact) mass is 377 g/mol. The van der Waals surface area contributed by atoms with Gasteiger partial charge in [0.05, 0.1) is 17.9 Å². The molecule has 3 aromatic rings. The van der Waals surface area contributed by atoms with Crippen molar-refractivity contribution in [3.8, 4) is 11.3 Å². The quantitative estimate of drug-likeness (QED) is 0.615. The lowest BCUT2D eigenvalue weighted by molar-refractivity contribution is -0.121. The minimum atomic E-state index is -0.127. The summed E-state index contributed by atoms with van der Waals surface area (Å²) in [7, 11) is 0. The van der Waals surface area contributed by atoms with Crippen LogP contribution in [0.15, 0.2) is 59.3 Å². The summed E-state index contributed by atoms with van der Waals surface area (Å²) in [6.45, 7) is 6.35. The molecule has 0 aliphatic rings. The molecule has 0 aliphatic heterocycles. The zero-order chi connectivity index (χ0) is 19.9. The first-order valence-electron chi connectivity index (χ1n) is 9.75. The van der Waals surface area contributed by atoms with Crippen molar-refractivity contribution >= 4 is 5.91 Å². The first-order valence-corrected chi connectivity index (χ1v) is 9.75. The van der Waals surface area contributed by atoms with Crippen LogP contribution >= 0.6 is 0 Å². The third-order valence-electron chi connectivity index (χ3n) is 4.51. The van der Waals surface area contributed by atoms with Crippen LogP contribution in [0.2, 0.25) is 0 Å². The molecule has 0 spiro atoms. The van der Waals surface area contributed by atoms with Crippen LogP contribution in [0.4, 0.5) is 0 Å². The first-order chi connectivity index (χ1) is 13.5. The van der Waals surface area contributed by atoms with Gasteiger partial charge < -0.3 is 9.73 Å². The summed E-state index contributed by atoms with van der Waals surface area (Å²) in [5, 5.41) is 2.96. The molecule has 1 N–H and O–H groups in total. The molecule has 0 radical (unpaired) electrons. The van der Waals surface area contributed by atoms with Gasteiger partial charge in [0, 0.05) is 24.6 Å². The van der Waals surface area contributed by atoms with E-state index in [0.29, 0.717) is 24.7 Å². The molecule has 3 rings (SSSR count). The van der Waals surface area contributed by atoms with Crippen molar-refractivity contribution in [1.29, 1.82) is 0 Å². The van der Waals surface area contributed by atoms with Crippen LogP contribution in [0.3, 0.4) is 0 Å². The molecule has 0 fully saturated rings. The largest absolute Gasteiger partial charge is 0.441 e. The van der Waals surface area contributed by atoms with Gasteiger partial charge in [-0.2, -0.15) is 0 Å². The van der Waals surface area contributed by atoms with Gasteiger partial charge in [-0.05, 0) is 37.0 Å². The SMILES string of the molecule is CC(C)Cc1ccc(-c2cnc(CCC(=O)NC(C)c3ccccn3)o2)cc1. The number of hydrogen-bond acceptors (Lipinski definition) is 4. The number of hydrogen-bond donors (Lipinski definition) is 1. The van der Waals surface area contributed by atoms with Gasteiger partial charge in [-0.3, -0.25) is 9.78 Å². The average Bonchev–Trinajstić information content (AvgIpc) is 3.16. The highest BCUT2D eigenvalue weighted by Gasteiger charge is 2.13. The Kier molecular flexibility index (Phi) is 6.58. The summed E-state index contributed by atoms with van der Waals surface area (Å²) >= 11 is 0. The first kappa shape index (κ1) is 19.8. The second-order valence-corrected chi connectivity index (χ2v) is 7.46. The number of benzene rings is 1. The zero-order valence-corrected chi connectivity index (χ0v) is 16.7. The number of carbonyl (C=O) groups is 1. The van der Waals surface area contributed by atoms with Crippen molar-refractivity contribution in [3.05, 3.63) is 72.0 Å². The Bertz CT molecular complexity index is 886. The highest BCUT2D eigenvalue weighted by molar-refractivity contribution is 5.76. The minimum absolute atomic E-state index is 0.0454. The molecule has 0 saturated carbocycles. The standard InChI is InChI=1S/C23H27N3O2/c1-16(2)14-18-7-9-19(10-8-18)21-15-25-23(28-21)12-11-22(27)26-17(3)20-6-4-5-13-24-20/h4-10,13,15-17H,11-12,14H2,1-3H3,(H,26,27). The van der Waals surface area contributed by atoms with E-state index in [9.17, 15) is 4.79 Å². The highest BCUT2D eigenvalue weighted by Crippen LogP contribution is 2.22. The van der Waals surface area contributed by atoms with Gasteiger partial charge in [0.25, 0.3) is 0 Å². The van der Waals surface area contributed by atoms with E-state index in [1.54, 1.807) is 12.4 Å². The van der Waals surface area contributed by atoms with Crippen LogP contribution in [0, 0.1) is 5.92 Å². The Labute approximate surface area is 166 Å². The number of pyridine rings is 1. The maximum atomic E-state index is 12.2. The molecule has 5 nitrogen and oxygen atoms in total. The Morgan fingerprint density at radius 2 is 1.86 bits per heavy atom. The second kappa shape index (κ2) is 9.31. The fourth-order valence-electron chi connectivity index (χ4n) is 3.08. The Morgan fingerprint density at radius 1 is 1.07 bits per heavy atom. The van der Waals surface area contributed by atoms with Crippen LogP contribution in [0.25, 0.3) is 11.3 Å². The van der Waals surface area contributed by atoms with Crippen molar-refractivity contribution in [2.75, 3.05) is 0 Å². The van der Waals surface area contributed by atoms with Gasteiger partial charge in [0.1, 0.15) is 0 Å². The summed E-state index contributed by atoms with van der Waals surface area (Å²) in [4.78, 5) is 20.8. The predicted molar refractivity (Wildman–Crippen MR) is 110 cm³/mol. The van der Waals surface area contributed by atoms with Crippen LogP contribution in [-0.2, 0) is 17.6 Å². The van der Waals surface area contributed by atoms with Crippen molar-refractivity contribution < 1.29 is 9.21 Å². The van der Waals surface area contributed by atoms with E-state index in [1.165, 1.54) is 5.56 Å². The molecule has 2 heterocycles. The summed E-state index contributed by atoms with van der Waals surface area (Å²) < 4.78 is 5.83. The van der Waals surface area contributed by atoms with Crippen molar-refractivity contribution in [1.82, 2.24) is 15.3 Å². The van der Waals surface area contributed by atoms with E-state index < -0.39 is 0 Å². The number of nitrogens with one attached hydrogen (secondary N) is 1. The maximum absolute atomic E-state index is 12.2. The number of aromatic nitrogens is 2. The van der Waals surface area contributed by atoms with Gasteiger partial charge in [-0.1, -0.05) is 44.2 Å². The second-order valence-electron chi connectivity index (χ2n) is 7.46. The van der Waals surface area contributed by atoms with E-state index >= 15 is 0 Å². The number of carbonyl (C=O) groups excluding carboxylic acids is 1. The lowest BCUT2D eigenvalue weighted by Gasteiger charge is -2.12. The van der Waals surface area contributed by atoms with E-state index in [4.69, 9.17) is 4.42 Å². The molecule has 0 saturated heterocycles. The zero-order valence-electron chi connectivity index (χ0n) is 16.7. The van der Waals surface area contributed by atoms with E-state index in [1.807, 2.05) is 25.1 Å². The topological polar surface area (TPSA) is 68.0 Å². The number of rotatable bonds is 8. The summed E-state index contributed by atoms with van der Waals surface area (Å²) in [5.41, 5.74) is 3.16. The highest BCUT2D eigenvalue weighted by atomic mass is 16.4. The number of nitrogens with zero attached hydrogens (tertiary/aromatic N) is 2. The smallest absolute Gasteiger partial charge is 0.221 e. The summed E-state index contributed by atoms with van der Waals surface area (Å²) in [6.07, 6.45) is 5.30. The molecular weight excluding hydrogens is 350 g/mol. The van der Waals surface area contributed by atoms with Gasteiger partial charge in [-0.15, -0.1) is 0 Å². The molecule has 146 valence electrons. The van der Waals surface area contributed by atoms with Crippen LogP contribution in [-0.4, -0.2) is 15.9 Å². The number of amides is 1. The van der Waals surface area contributed by atoms with E-state index in [0.717, 1.165) is 23.4 Å². The molecular formula is C23H27N3O2. The lowest BCUT2D eigenvalue weighted by atomic mass is 10.0. The van der Waals surface area contributed by atoms with Crippen molar-refractivity contribution in [2.24, 2.45) is 5.92 Å². The van der Waals surface area contributed by atoms with E-state index in [-0.39, 0.29) is 11.9 Å². The molecule has 0 bridgehead atoms. The summed E-state index contributed by atoms with van der Waals surface area (Å²) in [5.74, 6) is 1.89. The fraction of sp³-hybridized carbons (Fsp3) is 0.348. The minimum Gasteiger partial charge on any atom is -0.441 e. The van der Waals surface area contributed by atoms with Crippen molar-refractivity contribution in [2.45, 2.75) is 46.1 Å². The molecule has 28 heavy (non-hydrogen) atoms. The molecule has 2 aromatic heterocycles. The molecule has 1 atom stereocenters. The molecule has 1 aromatic carbocycles. The van der Waals surface area contributed by atoms with Gasteiger partial charge in [0.2, 0.25) is 5.91 Å². The third-order valence-corrected chi connectivity index (χ3v) is 4.51.